The molecule has 158 valence electrons. The zero-order valence-corrected chi connectivity index (χ0v) is 18.4. The molecule has 2 N–H and O–H groups in total. The normalized spacial score (nSPS) is 13.8. The average Bonchev–Trinajstić information content (AvgIpc) is 2.73. The molecule has 0 saturated carbocycles. The van der Waals surface area contributed by atoms with E-state index in [-0.39, 0.29) is 29.4 Å². The highest BCUT2D eigenvalue weighted by Crippen LogP contribution is 2.19. The molecular formula is C22H31N3O3S. The lowest BCUT2D eigenvalue weighted by Gasteiger charge is -2.20. The van der Waals surface area contributed by atoms with E-state index < -0.39 is 10.0 Å². The van der Waals surface area contributed by atoms with Crippen molar-refractivity contribution in [3.05, 3.63) is 65.7 Å². The fourth-order valence-corrected chi connectivity index (χ4v) is 4.58. The molecule has 29 heavy (non-hydrogen) atoms. The summed E-state index contributed by atoms with van der Waals surface area (Å²) in [7, 11) is -3.46. The molecule has 2 aromatic rings. The molecule has 0 aliphatic carbocycles. The number of nitrogens with zero attached hydrogens (tertiary/aromatic N) is 1. The lowest BCUT2D eigenvalue weighted by molar-refractivity contribution is -0.121. The number of hydrogen-bond acceptors (Lipinski definition) is 4. The van der Waals surface area contributed by atoms with Crippen LogP contribution in [0.25, 0.3) is 0 Å². The van der Waals surface area contributed by atoms with Crippen LogP contribution >= 0.6 is 0 Å². The highest BCUT2D eigenvalue weighted by atomic mass is 32.2. The van der Waals surface area contributed by atoms with Gasteiger partial charge in [-0.05, 0) is 37.1 Å². The van der Waals surface area contributed by atoms with Crippen molar-refractivity contribution in [2.75, 3.05) is 19.6 Å². The summed E-state index contributed by atoms with van der Waals surface area (Å²) in [6.45, 7) is 8.60. The summed E-state index contributed by atoms with van der Waals surface area (Å²) in [6.07, 6.45) is 0. The third-order valence-electron chi connectivity index (χ3n) is 4.97. The zero-order valence-electron chi connectivity index (χ0n) is 17.6. The largest absolute Gasteiger partial charge is 0.348 e. The lowest BCUT2D eigenvalue weighted by Crippen LogP contribution is -2.36. The van der Waals surface area contributed by atoms with Crippen LogP contribution in [-0.2, 0) is 14.8 Å². The Morgan fingerprint density at radius 1 is 0.897 bits per heavy atom. The topological polar surface area (TPSA) is 78.5 Å². The van der Waals surface area contributed by atoms with Crippen molar-refractivity contribution >= 4 is 15.9 Å². The molecule has 0 unspecified atom stereocenters. The van der Waals surface area contributed by atoms with Crippen molar-refractivity contribution in [3.63, 3.8) is 0 Å². The molecule has 7 heteroatoms. The number of benzene rings is 2. The minimum Gasteiger partial charge on any atom is -0.348 e. The van der Waals surface area contributed by atoms with E-state index in [0.717, 1.165) is 11.1 Å². The fraction of sp³-hybridized carbons (Fsp3) is 0.409. The highest BCUT2D eigenvalue weighted by molar-refractivity contribution is 7.89. The van der Waals surface area contributed by atoms with E-state index >= 15 is 0 Å². The minimum atomic E-state index is -3.46. The van der Waals surface area contributed by atoms with Gasteiger partial charge in [-0.15, -0.1) is 0 Å². The summed E-state index contributed by atoms with van der Waals surface area (Å²) >= 11 is 0. The standard InChI is InChI=1S/C22H31N3O3S/c1-5-25(6-2)29(27,28)21-14-12-20(13-15-21)17(3)23-16-22(26)24-18(4)19-10-8-7-9-11-19/h7-15,17-18,23H,5-6,16H2,1-4H3,(H,24,26)/t17-,18-/m1/s1. The summed E-state index contributed by atoms with van der Waals surface area (Å²) in [6, 6.07) is 16.5. The SMILES string of the molecule is CCN(CC)S(=O)(=O)c1ccc([C@@H](C)NCC(=O)N[C@H](C)c2ccccc2)cc1. The highest BCUT2D eigenvalue weighted by Gasteiger charge is 2.21. The first-order valence-electron chi connectivity index (χ1n) is 9.97. The molecule has 0 fully saturated rings. The van der Waals surface area contributed by atoms with Crippen LogP contribution in [0.15, 0.2) is 59.5 Å². The molecule has 2 rings (SSSR count). The molecule has 2 atom stereocenters. The second-order valence-electron chi connectivity index (χ2n) is 6.96. The summed E-state index contributed by atoms with van der Waals surface area (Å²) in [4.78, 5) is 12.5. The van der Waals surface area contributed by atoms with Crippen LogP contribution in [0.5, 0.6) is 0 Å². The van der Waals surface area contributed by atoms with E-state index in [1.165, 1.54) is 4.31 Å². The summed E-state index contributed by atoms with van der Waals surface area (Å²) < 4.78 is 26.6. The van der Waals surface area contributed by atoms with Crippen LogP contribution in [0.1, 0.15) is 50.9 Å². The van der Waals surface area contributed by atoms with Gasteiger partial charge >= 0.3 is 0 Å². The van der Waals surface area contributed by atoms with Crippen LogP contribution in [0, 0.1) is 0 Å². The predicted molar refractivity (Wildman–Crippen MR) is 116 cm³/mol. The van der Waals surface area contributed by atoms with Crippen LogP contribution in [0.2, 0.25) is 0 Å². The maximum Gasteiger partial charge on any atom is 0.243 e. The van der Waals surface area contributed by atoms with Gasteiger partial charge in [-0.2, -0.15) is 4.31 Å². The molecule has 0 saturated heterocycles. The molecule has 0 spiro atoms. The van der Waals surface area contributed by atoms with Gasteiger partial charge in [0, 0.05) is 19.1 Å². The molecule has 0 heterocycles. The average molecular weight is 418 g/mol. The molecular weight excluding hydrogens is 386 g/mol. The summed E-state index contributed by atoms with van der Waals surface area (Å²) in [5, 5.41) is 6.16. The van der Waals surface area contributed by atoms with Gasteiger partial charge in [0.05, 0.1) is 17.5 Å². The Hall–Kier alpha value is -2.22. The van der Waals surface area contributed by atoms with Crippen LogP contribution in [0.3, 0.4) is 0 Å². The van der Waals surface area contributed by atoms with E-state index in [4.69, 9.17) is 0 Å². The smallest absolute Gasteiger partial charge is 0.243 e. The predicted octanol–water partition coefficient (Wildman–Crippen LogP) is 3.25. The van der Waals surface area contributed by atoms with Gasteiger partial charge in [0.15, 0.2) is 0 Å². The molecule has 0 aliphatic rings. The molecule has 1 amide bonds. The number of hydrogen-bond donors (Lipinski definition) is 2. The van der Waals surface area contributed by atoms with Gasteiger partial charge in [0.2, 0.25) is 15.9 Å². The van der Waals surface area contributed by atoms with Crippen molar-refractivity contribution in [3.8, 4) is 0 Å². The first kappa shape index (κ1) is 23.1. The number of carbonyl (C=O) groups excluding carboxylic acids is 1. The number of rotatable bonds is 10. The molecule has 2 aromatic carbocycles. The van der Waals surface area contributed by atoms with Gasteiger partial charge in [0.25, 0.3) is 0 Å². The Morgan fingerprint density at radius 2 is 1.45 bits per heavy atom. The van der Waals surface area contributed by atoms with Crippen molar-refractivity contribution in [1.82, 2.24) is 14.9 Å². The second-order valence-corrected chi connectivity index (χ2v) is 8.90. The zero-order chi connectivity index (χ0) is 21.4. The van der Waals surface area contributed by atoms with E-state index in [1.54, 1.807) is 24.3 Å². The Kier molecular flexibility index (Phi) is 8.37. The third-order valence-corrected chi connectivity index (χ3v) is 7.03. The van der Waals surface area contributed by atoms with Crippen molar-refractivity contribution in [2.45, 2.75) is 44.7 Å². The Morgan fingerprint density at radius 3 is 2.00 bits per heavy atom. The van der Waals surface area contributed by atoms with E-state index in [2.05, 4.69) is 10.6 Å². The van der Waals surface area contributed by atoms with Gasteiger partial charge in [-0.3, -0.25) is 4.79 Å². The third kappa shape index (κ3) is 6.13. The van der Waals surface area contributed by atoms with E-state index in [1.807, 2.05) is 58.0 Å². The number of sulfonamides is 1. The molecule has 6 nitrogen and oxygen atoms in total. The van der Waals surface area contributed by atoms with Crippen LogP contribution in [0.4, 0.5) is 0 Å². The Bertz CT molecular complexity index is 879. The molecule has 0 aromatic heterocycles. The van der Waals surface area contributed by atoms with Gasteiger partial charge in [0.1, 0.15) is 0 Å². The molecule has 0 radical (unpaired) electrons. The first-order valence-corrected chi connectivity index (χ1v) is 11.4. The summed E-state index contributed by atoms with van der Waals surface area (Å²) in [5.41, 5.74) is 1.98. The summed E-state index contributed by atoms with van der Waals surface area (Å²) in [5.74, 6) is -0.0889. The fourth-order valence-electron chi connectivity index (χ4n) is 3.12. The van der Waals surface area contributed by atoms with Gasteiger partial charge in [-0.25, -0.2) is 8.42 Å². The number of amides is 1. The van der Waals surface area contributed by atoms with E-state index in [9.17, 15) is 13.2 Å². The minimum absolute atomic E-state index is 0.0645. The quantitative estimate of drug-likeness (QED) is 0.622. The van der Waals surface area contributed by atoms with Crippen LogP contribution in [-0.4, -0.2) is 38.3 Å². The molecule has 0 aliphatic heterocycles. The molecule has 0 bridgehead atoms. The van der Waals surface area contributed by atoms with Crippen molar-refractivity contribution in [1.29, 1.82) is 0 Å². The maximum absolute atomic E-state index is 12.6. The van der Waals surface area contributed by atoms with Crippen molar-refractivity contribution < 1.29 is 13.2 Å². The van der Waals surface area contributed by atoms with Gasteiger partial charge in [-0.1, -0.05) is 56.3 Å². The van der Waals surface area contributed by atoms with E-state index in [0.29, 0.717) is 13.1 Å². The first-order chi connectivity index (χ1) is 13.8. The Balaban J connectivity index is 1.92. The van der Waals surface area contributed by atoms with Crippen molar-refractivity contribution in [2.24, 2.45) is 0 Å². The Labute approximate surface area is 174 Å². The lowest BCUT2D eigenvalue weighted by atomic mass is 10.1. The second kappa shape index (κ2) is 10.5. The van der Waals surface area contributed by atoms with Gasteiger partial charge < -0.3 is 10.6 Å². The maximum atomic E-state index is 12.6. The van der Waals surface area contributed by atoms with Crippen LogP contribution < -0.4 is 10.6 Å². The monoisotopic (exact) mass is 417 g/mol. The number of carbonyl (C=O) groups is 1. The number of nitrogens with one attached hydrogen (secondary N) is 2.